The molecular weight excluding hydrogens is 382 g/mol. The molecule has 3 rings (SSSR count). The van der Waals surface area contributed by atoms with Crippen molar-refractivity contribution < 1.29 is 18.1 Å². The van der Waals surface area contributed by atoms with Crippen LogP contribution in [0.4, 0.5) is 5.69 Å². The summed E-state index contributed by atoms with van der Waals surface area (Å²) < 4.78 is 26.9. The molecule has 28 heavy (non-hydrogen) atoms. The lowest BCUT2D eigenvalue weighted by Crippen LogP contribution is -2.50. The largest absolute Gasteiger partial charge is 0.340 e. The second kappa shape index (κ2) is 8.07. The van der Waals surface area contributed by atoms with Crippen LogP contribution in [0, 0.1) is 17.0 Å². The van der Waals surface area contributed by atoms with Gasteiger partial charge in [0.05, 0.1) is 11.3 Å². The van der Waals surface area contributed by atoms with Crippen molar-refractivity contribution in [1.29, 1.82) is 0 Å². The van der Waals surface area contributed by atoms with Crippen molar-refractivity contribution in [2.75, 3.05) is 26.2 Å². The summed E-state index contributed by atoms with van der Waals surface area (Å²) in [5, 5.41) is 11.2. The minimum Gasteiger partial charge on any atom is -0.340 e. The molecule has 148 valence electrons. The first-order chi connectivity index (χ1) is 13.3. The number of para-hydroxylation sites is 1. The fourth-order valence-electron chi connectivity index (χ4n) is 3.14. The van der Waals surface area contributed by atoms with Gasteiger partial charge in [0.15, 0.2) is 4.90 Å². The molecule has 0 unspecified atom stereocenters. The van der Waals surface area contributed by atoms with Crippen LogP contribution in [0.1, 0.15) is 11.1 Å². The third-order valence-electron chi connectivity index (χ3n) is 4.75. The molecule has 2 aromatic carbocycles. The fraction of sp³-hybridized carbons (Fsp3) is 0.316. The molecule has 1 aliphatic rings. The van der Waals surface area contributed by atoms with Crippen LogP contribution in [0.25, 0.3) is 0 Å². The van der Waals surface area contributed by atoms with Crippen LogP contribution < -0.4 is 0 Å². The Bertz CT molecular complexity index is 981. The molecule has 0 aromatic heterocycles. The minimum atomic E-state index is -4.00. The van der Waals surface area contributed by atoms with Gasteiger partial charge in [-0.25, -0.2) is 8.42 Å². The van der Waals surface area contributed by atoms with Crippen LogP contribution in [0.5, 0.6) is 0 Å². The second-order valence-electron chi connectivity index (χ2n) is 6.67. The number of hydrogen-bond acceptors (Lipinski definition) is 5. The molecule has 0 atom stereocenters. The predicted octanol–water partition coefficient (Wildman–Crippen LogP) is 1.98. The van der Waals surface area contributed by atoms with E-state index in [4.69, 9.17) is 0 Å². The molecule has 1 saturated heterocycles. The Hall–Kier alpha value is -2.78. The Morgan fingerprint density at radius 3 is 2.25 bits per heavy atom. The van der Waals surface area contributed by atoms with Crippen LogP contribution >= 0.6 is 0 Å². The second-order valence-corrected chi connectivity index (χ2v) is 8.58. The van der Waals surface area contributed by atoms with E-state index in [1.165, 1.54) is 28.6 Å². The lowest BCUT2D eigenvalue weighted by Gasteiger charge is -2.34. The maximum Gasteiger partial charge on any atom is 0.289 e. The summed E-state index contributed by atoms with van der Waals surface area (Å²) in [6, 6.07) is 13.0. The molecule has 1 aliphatic heterocycles. The number of benzene rings is 2. The van der Waals surface area contributed by atoms with E-state index in [1.807, 2.05) is 31.2 Å². The molecular formula is C19H21N3O5S. The lowest BCUT2D eigenvalue weighted by atomic mass is 10.1. The van der Waals surface area contributed by atoms with Crippen molar-refractivity contribution in [1.82, 2.24) is 9.21 Å². The van der Waals surface area contributed by atoms with Gasteiger partial charge >= 0.3 is 0 Å². The molecule has 9 heteroatoms. The molecule has 1 fully saturated rings. The number of hydrogen-bond donors (Lipinski definition) is 0. The number of piperazine rings is 1. The van der Waals surface area contributed by atoms with Gasteiger partial charge in [-0.1, -0.05) is 42.0 Å². The quantitative estimate of drug-likeness (QED) is 0.561. The number of carbonyl (C=O) groups is 1. The van der Waals surface area contributed by atoms with Crippen LogP contribution in [0.15, 0.2) is 53.4 Å². The van der Waals surface area contributed by atoms with Crippen molar-refractivity contribution in [3.63, 3.8) is 0 Å². The maximum atomic E-state index is 12.8. The van der Waals surface area contributed by atoms with E-state index in [2.05, 4.69) is 0 Å². The Morgan fingerprint density at radius 2 is 1.64 bits per heavy atom. The first kappa shape index (κ1) is 20.0. The highest BCUT2D eigenvalue weighted by molar-refractivity contribution is 7.89. The molecule has 0 N–H and O–H groups in total. The number of aryl methyl sites for hydroxylation is 1. The molecule has 8 nitrogen and oxygen atoms in total. The first-order valence-electron chi connectivity index (χ1n) is 8.86. The summed E-state index contributed by atoms with van der Waals surface area (Å²) in [4.78, 5) is 24.3. The standard InChI is InChI=1S/C19H21N3O5S/c1-15-6-8-16(9-7-15)14-19(23)20-10-12-21(13-11-20)28(26,27)18-5-3-2-4-17(18)22(24)25/h2-9H,10-14H2,1H3. The number of carbonyl (C=O) groups excluding carboxylic acids is 1. The number of rotatable bonds is 5. The summed E-state index contributed by atoms with van der Waals surface area (Å²) >= 11 is 0. The monoisotopic (exact) mass is 403 g/mol. The van der Waals surface area contributed by atoms with E-state index in [-0.39, 0.29) is 43.4 Å². The zero-order valence-corrected chi connectivity index (χ0v) is 16.3. The summed E-state index contributed by atoms with van der Waals surface area (Å²) in [7, 11) is -4.00. The summed E-state index contributed by atoms with van der Waals surface area (Å²) in [6.07, 6.45) is 0.261. The van der Waals surface area contributed by atoms with Crippen molar-refractivity contribution in [3.05, 3.63) is 69.8 Å². The third kappa shape index (κ3) is 4.20. The summed E-state index contributed by atoms with van der Waals surface area (Å²) in [5.74, 6) is -0.0633. The molecule has 0 aliphatic carbocycles. The van der Waals surface area contributed by atoms with Crippen LogP contribution in [0.3, 0.4) is 0 Å². The number of sulfonamides is 1. The maximum absolute atomic E-state index is 12.8. The van der Waals surface area contributed by atoms with Crippen molar-refractivity contribution in [2.45, 2.75) is 18.2 Å². The first-order valence-corrected chi connectivity index (χ1v) is 10.3. The Kier molecular flexibility index (Phi) is 5.76. The molecule has 0 saturated carbocycles. The van der Waals surface area contributed by atoms with Crippen molar-refractivity contribution in [2.24, 2.45) is 0 Å². The van der Waals surface area contributed by atoms with Crippen LogP contribution in [0.2, 0.25) is 0 Å². The van der Waals surface area contributed by atoms with Gasteiger partial charge in [0.25, 0.3) is 5.69 Å². The number of nitrogens with zero attached hydrogens (tertiary/aromatic N) is 3. The molecule has 2 aromatic rings. The van der Waals surface area contributed by atoms with Gasteiger partial charge in [-0.3, -0.25) is 14.9 Å². The smallest absolute Gasteiger partial charge is 0.289 e. The highest BCUT2D eigenvalue weighted by Crippen LogP contribution is 2.27. The Labute approximate surface area is 163 Å². The van der Waals surface area contributed by atoms with Gasteiger partial charge in [-0.05, 0) is 18.6 Å². The zero-order chi connectivity index (χ0) is 20.3. The zero-order valence-electron chi connectivity index (χ0n) is 15.4. The molecule has 0 radical (unpaired) electrons. The highest BCUT2D eigenvalue weighted by Gasteiger charge is 2.34. The fourth-order valence-corrected chi connectivity index (χ4v) is 4.72. The number of amides is 1. The van der Waals surface area contributed by atoms with E-state index in [9.17, 15) is 23.3 Å². The molecule has 1 amide bonds. The third-order valence-corrected chi connectivity index (χ3v) is 6.69. The minimum absolute atomic E-state index is 0.0633. The molecule has 0 bridgehead atoms. The highest BCUT2D eigenvalue weighted by atomic mass is 32.2. The van der Waals surface area contributed by atoms with E-state index in [1.54, 1.807) is 4.90 Å². The number of nitro benzene ring substituents is 1. The molecule has 1 heterocycles. The summed E-state index contributed by atoms with van der Waals surface area (Å²) in [5.41, 5.74) is 1.58. The Balaban J connectivity index is 1.67. The molecule has 0 spiro atoms. The van der Waals surface area contributed by atoms with Crippen LogP contribution in [-0.4, -0.2) is 54.6 Å². The van der Waals surface area contributed by atoms with E-state index < -0.39 is 20.6 Å². The van der Waals surface area contributed by atoms with E-state index >= 15 is 0 Å². The lowest BCUT2D eigenvalue weighted by molar-refractivity contribution is -0.387. The topological polar surface area (TPSA) is 101 Å². The van der Waals surface area contributed by atoms with Gasteiger partial charge in [-0.2, -0.15) is 4.31 Å². The van der Waals surface area contributed by atoms with Gasteiger partial charge in [0, 0.05) is 32.2 Å². The van der Waals surface area contributed by atoms with Gasteiger partial charge in [0.1, 0.15) is 0 Å². The van der Waals surface area contributed by atoms with Crippen molar-refractivity contribution in [3.8, 4) is 0 Å². The number of nitro groups is 1. The average molecular weight is 403 g/mol. The average Bonchev–Trinajstić information content (AvgIpc) is 2.69. The normalized spacial score (nSPS) is 15.4. The van der Waals surface area contributed by atoms with Gasteiger partial charge < -0.3 is 4.90 Å². The SMILES string of the molecule is Cc1ccc(CC(=O)N2CCN(S(=O)(=O)c3ccccc3[N+](=O)[O-])CC2)cc1. The van der Waals surface area contributed by atoms with E-state index in [0.29, 0.717) is 0 Å². The summed E-state index contributed by atoms with van der Waals surface area (Å²) in [6.45, 7) is 2.69. The predicted molar refractivity (Wildman–Crippen MR) is 103 cm³/mol. The Morgan fingerprint density at radius 1 is 1.04 bits per heavy atom. The van der Waals surface area contributed by atoms with Crippen LogP contribution in [-0.2, 0) is 21.2 Å². The van der Waals surface area contributed by atoms with Gasteiger partial charge in [0.2, 0.25) is 15.9 Å². The van der Waals surface area contributed by atoms with Gasteiger partial charge in [-0.15, -0.1) is 0 Å². The van der Waals surface area contributed by atoms with E-state index in [0.717, 1.165) is 11.1 Å². The van der Waals surface area contributed by atoms with Crippen molar-refractivity contribution >= 4 is 21.6 Å².